The van der Waals surface area contributed by atoms with Crippen molar-refractivity contribution in [2.24, 2.45) is 10.4 Å². The summed E-state index contributed by atoms with van der Waals surface area (Å²) in [5.74, 6) is 1.73. The number of hydrogen-bond acceptors (Lipinski definition) is 4. The predicted octanol–water partition coefficient (Wildman–Crippen LogP) is 4.85. The molecule has 2 saturated carbocycles. The number of tetrazole rings is 1. The van der Waals surface area contributed by atoms with Gasteiger partial charge in [-0.1, -0.05) is 59.3 Å². The SMILES string of the molecule is CC(C)(C)CC(C)(C)n1nnnc1C(=NC1CCCCC1)NC1CCCCC1. The van der Waals surface area contributed by atoms with Gasteiger partial charge in [-0.2, -0.15) is 0 Å². The van der Waals surface area contributed by atoms with Crippen molar-refractivity contribution < 1.29 is 0 Å². The second-order valence-corrected chi connectivity index (χ2v) is 10.7. The first-order valence-electron chi connectivity index (χ1n) is 11.4. The van der Waals surface area contributed by atoms with Gasteiger partial charge in [-0.25, -0.2) is 4.68 Å². The zero-order chi connectivity index (χ0) is 20.2. The Morgan fingerprint density at radius 2 is 1.57 bits per heavy atom. The van der Waals surface area contributed by atoms with Crippen LogP contribution in [0.3, 0.4) is 0 Å². The monoisotopic (exact) mass is 388 g/mol. The zero-order valence-corrected chi connectivity index (χ0v) is 18.7. The average molecular weight is 389 g/mol. The van der Waals surface area contributed by atoms with Crippen molar-refractivity contribution in [3.05, 3.63) is 5.82 Å². The molecule has 1 aromatic heterocycles. The molecule has 0 aromatic carbocycles. The zero-order valence-electron chi connectivity index (χ0n) is 18.7. The summed E-state index contributed by atoms with van der Waals surface area (Å²) in [6.45, 7) is 11.3. The van der Waals surface area contributed by atoms with E-state index < -0.39 is 0 Å². The van der Waals surface area contributed by atoms with Gasteiger partial charge < -0.3 is 5.32 Å². The van der Waals surface area contributed by atoms with Gasteiger partial charge in [0.2, 0.25) is 5.82 Å². The standard InChI is InChI=1S/C22H40N6/c1-21(2,3)16-22(4,5)28-20(25-26-27-28)19(23-17-12-8-6-9-13-17)24-18-14-10-7-11-15-18/h17-18H,6-16H2,1-5H3,(H,23,24). The van der Waals surface area contributed by atoms with Crippen LogP contribution in [0.1, 0.15) is 111 Å². The number of amidine groups is 1. The molecule has 2 fully saturated rings. The molecule has 2 aliphatic rings. The first kappa shape index (κ1) is 21.3. The van der Waals surface area contributed by atoms with E-state index in [0.29, 0.717) is 12.1 Å². The summed E-state index contributed by atoms with van der Waals surface area (Å²) in [5, 5.41) is 16.7. The highest BCUT2D eigenvalue weighted by Gasteiger charge is 2.33. The minimum absolute atomic E-state index is 0.168. The third kappa shape index (κ3) is 5.77. The number of rotatable bonds is 5. The van der Waals surface area contributed by atoms with E-state index in [-0.39, 0.29) is 11.0 Å². The molecule has 0 bridgehead atoms. The van der Waals surface area contributed by atoms with Crippen LogP contribution < -0.4 is 5.32 Å². The Kier molecular flexibility index (Phi) is 6.77. The first-order valence-corrected chi connectivity index (χ1v) is 11.4. The van der Waals surface area contributed by atoms with Gasteiger partial charge in [0.1, 0.15) is 0 Å². The maximum absolute atomic E-state index is 5.18. The maximum Gasteiger partial charge on any atom is 0.217 e. The van der Waals surface area contributed by atoms with Crippen LogP contribution in [0.25, 0.3) is 0 Å². The van der Waals surface area contributed by atoms with E-state index in [2.05, 4.69) is 55.5 Å². The van der Waals surface area contributed by atoms with Gasteiger partial charge in [0, 0.05) is 6.04 Å². The van der Waals surface area contributed by atoms with E-state index in [1.807, 2.05) is 4.68 Å². The van der Waals surface area contributed by atoms with Crippen LogP contribution >= 0.6 is 0 Å². The molecule has 158 valence electrons. The fourth-order valence-corrected chi connectivity index (χ4v) is 5.11. The van der Waals surface area contributed by atoms with Crippen LogP contribution in [0.15, 0.2) is 4.99 Å². The van der Waals surface area contributed by atoms with Gasteiger partial charge in [-0.05, 0) is 61.8 Å². The van der Waals surface area contributed by atoms with Crippen LogP contribution in [0.2, 0.25) is 0 Å². The quantitative estimate of drug-likeness (QED) is 0.578. The average Bonchev–Trinajstić information content (AvgIpc) is 3.12. The van der Waals surface area contributed by atoms with E-state index in [0.717, 1.165) is 18.1 Å². The molecule has 0 unspecified atom stereocenters. The lowest BCUT2D eigenvalue weighted by Gasteiger charge is -2.33. The van der Waals surface area contributed by atoms with Gasteiger partial charge in [0.05, 0.1) is 11.6 Å². The molecule has 0 atom stereocenters. The largest absolute Gasteiger partial charge is 0.364 e. The van der Waals surface area contributed by atoms with Crippen LogP contribution in [0.4, 0.5) is 0 Å². The molecule has 1 N–H and O–H groups in total. The molecule has 1 aromatic rings. The number of aromatic nitrogens is 4. The molecule has 6 heteroatoms. The fraction of sp³-hybridized carbons (Fsp3) is 0.909. The van der Waals surface area contributed by atoms with Crippen molar-refractivity contribution >= 4 is 5.84 Å². The highest BCUT2D eigenvalue weighted by atomic mass is 15.6. The molecule has 28 heavy (non-hydrogen) atoms. The summed E-state index contributed by atoms with van der Waals surface area (Å²) in [6.07, 6.45) is 13.7. The maximum atomic E-state index is 5.18. The Hall–Kier alpha value is -1.46. The summed E-state index contributed by atoms with van der Waals surface area (Å²) in [4.78, 5) is 5.18. The van der Waals surface area contributed by atoms with Crippen molar-refractivity contribution in [3.8, 4) is 0 Å². The normalized spacial score (nSPS) is 21.1. The van der Waals surface area contributed by atoms with Crippen molar-refractivity contribution in [2.45, 2.75) is 123 Å². The van der Waals surface area contributed by atoms with Crippen molar-refractivity contribution in [3.63, 3.8) is 0 Å². The molecular weight excluding hydrogens is 348 g/mol. The fourth-order valence-electron chi connectivity index (χ4n) is 5.11. The molecule has 0 spiro atoms. The molecular formula is C22H40N6. The molecule has 0 saturated heterocycles. The van der Waals surface area contributed by atoms with E-state index in [1.165, 1.54) is 64.2 Å². The van der Waals surface area contributed by atoms with Gasteiger partial charge in [0.15, 0.2) is 5.84 Å². The second kappa shape index (κ2) is 8.91. The molecule has 2 aliphatic carbocycles. The van der Waals surface area contributed by atoms with Gasteiger partial charge in [-0.15, -0.1) is 5.10 Å². The minimum atomic E-state index is -0.168. The topological polar surface area (TPSA) is 68.0 Å². The van der Waals surface area contributed by atoms with Crippen LogP contribution in [0, 0.1) is 5.41 Å². The van der Waals surface area contributed by atoms with Gasteiger partial charge >= 0.3 is 0 Å². The Morgan fingerprint density at radius 1 is 0.964 bits per heavy atom. The second-order valence-electron chi connectivity index (χ2n) is 10.7. The van der Waals surface area contributed by atoms with Crippen LogP contribution in [-0.4, -0.2) is 38.1 Å². The highest BCUT2D eigenvalue weighted by Crippen LogP contribution is 2.32. The summed E-state index contributed by atoms with van der Waals surface area (Å²) < 4.78 is 2.01. The predicted molar refractivity (Wildman–Crippen MR) is 115 cm³/mol. The number of hydrogen-bond donors (Lipinski definition) is 1. The summed E-state index contributed by atoms with van der Waals surface area (Å²) >= 11 is 0. The Balaban J connectivity index is 1.89. The van der Waals surface area contributed by atoms with E-state index >= 15 is 0 Å². The van der Waals surface area contributed by atoms with Crippen LogP contribution in [-0.2, 0) is 5.54 Å². The summed E-state index contributed by atoms with van der Waals surface area (Å²) in [5.41, 5.74) is 0.0306. The van der Waals surface area contributed by atoms with Gasteiger partial charge in [0.25, 0.3) is 0 Å². The third-order valence-corrected chi connectivity index (χ3v) is 6.05. The van der Waals surface area contributed by atoms with E-state index in [9.17, 15) is 0 Å². The van der Waals surface area contributed by atoms with Crippen molar-refractivity contribution in [2.75, 3.05) is 0 Å². The number of nitrogens with zero attached hydrogens (tertiary/aromatic N) is 5. The summed E-state index contributed by atoms with van der Waals surface area (Å²) in [7, 11) is 0. The lowest BCUT2D eigenvalue weighted by atomic mass is 9.82. The lowest BCUT2D eigenvalue weighted by molar-refractivity contribution is 0.194. The van der Waals surface area contributed by atoms with Gasteiger partial charge in [-0.3, -0.25) is 4.99 Å². The van der Waals surface area contributed by atoms with E-state index in [4.69, 9.17) is 4.99 Å². The smallest absolute Gasteiger partial charge is 0.217 e. The minimum Gasteiger partial charge on any atom is -0.364 e. The number of nitrogens with one attached hydrogen (secondary N) is 1. The molecule has 1 heterocycles. The third-order valence-electron chi connectivity index (χ3n) is 6.05. The lowest BCUT2D eigenvalue weighted by Crippen LogP contribution is -2.42. The first-order chi connectivity index (χ1) is 13.2. The van der Waals surface area contributed by atoms with Crippen molar-refractivity contribution in [1.29, 1.82) is 0 Å². The molecule has 0 amide bonds. The van der Waals surface area contributed by atoms with Crippen molar-refractivity contribution in [1.82, 2.24) is 25.5 Å². The molecule has 0 aliphatic heterocycles. The molecule has 0 radical (unpaired) electrons. The highest BCUT2D eigenvalue weighted by molar-refractivity contribution is 5.95. The molecule has 6 nitrogen and oxygen atoms in total. The summed E-state index contributed by atoms with van der Waals surface area (Å²) in [6, 6.07) is 0.891. The Bertz CT molecular complexity index is 642. The van der Waals surface area contributed by atoms with E-state index in [1.54, 1.807) is 0 Å². The Labute approximate surface area is 171 Å². The molecule has 3 rings (SSSR count). The Morgan fingerprint density at radius 3 is 2.18 bits per heavy atom. The number of aliphatic imine (C=N–C) groups is 1. The van der Waals surface area contributed by atoms with Crippen LogP contribution in [0.5, 0.6) is 0 Å².